The maximum Gasteiger partial charge on any atom is 0.318 e. The zero-order chi connectivity index (χ0) is 25.4. The highest BCUT2D eigenvalue weighted by molar-refractivity contribution is 7.86. The van der Waals surface area contributed by atoms with E-state index < -0.39 is 10.1 Å². The molecule has 7 rings (SSSR count). The molecule has 3 aliphatic heterocycles. The first-order chi connectivity index (χ1) is 18.0. The second-order valence-corrected chi connectivity index (χ2v) is 11.0. The van der Waals surface area contributed by atoms with Gasteiger partial charge in [-0.3, -0.25) is 4.18 Å². The van der Waals surface area contributed by atoms with Crippen molar-refractivity contribution >= 4 is 27.0 Å². The van der Waals surface area contributed by atoms with E-state index in [0.717, 1.165) is 55.5 Å². The number of benzene rings is 2. The van der Waals surface area contributed by atoms with Crippen LogP contribution in [0.2, 0.25) is 0 Å². The Hall–Kier alpha value is -3.41. The molecule has 11 heteroatoms. The van der Waals surface area contributed by atoms with E-state index in [0.29, 0.717) is 30.2 Å². The summed E-state index contributed by atoms with van der Waals surface area (Å²) in [6.07, 6.45) is 4.15. The number of anilines is 1. The first-order valence-electron chi connectivity index (χ1n) is 12.5. The van der Waals surface area contributed by atoms with Gasteiger partial charge in [-0.15, -0.1) is 5.10 Å². The zero-order valence-electron chi connectivity index (χ0n) is 20.6. The first-order valence-corrected chi connectivity index (χ1v) is 13.9. The second kappa shape index (κ2) is 9.81. The van der Waals surface area contributed by atoms with E-state index >= 15 is 0 Å². The summed E-state index contributed by atoms with van der Waals surface area (Å²) in [6, 6.07) is 15.1. The fourth-order valence-electron chi connectivity index (χ4n) is 5.15. The van der Waals surface area contributed by atoms with Crippen LogP contribution < -0.4 is 9.64 Å². The third-order valence-corrected chi connectivity index (χ3v) is 8.58. The minimum Gasteiger partial charge on any atom is -0.497 e. The molecule has 0 spiro atoms. The lowest BCUT2D eigenvalue weighted by Crippen LogP contribution is -2.38. The topological polar surface area (TPSA) is 103 Å². The van der Waals surface area contributed by atoms with Gasteiger partial charge in [0.15, 0.2) is 0 Å². The van der Waals surface area contributed by atoms with Gasteiger partial charge in [0.2, 0.25) is 5.89 Å². The van der Waals surface area contributed by atoms with Gasteiger partial charge >= 0.3 is 6.01 Å². The molecule has 0 radical (unpaired) electrons. The van der Waals surface area contributed by atoms with Crippen LogP contribution in [0.25, 0.3) is 22.4 Å². The van der Waals surface area contributed by atoms with Gasteiger partial charge in [-0.2, -0.15) is 8.42 Å². The van der Waals surface area contributed by atoms with Crippen molar-refractivity contribution in [2.75, 3.05) is 44.8 Å². The van der Waals surface area contributed by atoms with Crippen molar-refractivity contribution in [3.05, 3.63) is 54.7 Å². The minimum atomic E-state index is -3.87. The van der Waals surface area contributed by atoms with Gasteiger partial charge in [-0.05, 0) is 60.7 Å². The molecule has 5 heterocycles. The average molecular weight is 524 g/mol. The Balaban J connectivity index is 1.16. The summed E-state index contributed by atoms with van der Waals surface area (Å²) in [5.41, 5.74) is 1.75. The molecule has 2 bridgehead atoms. The monoisotopic (exact) mass is 523 g/mol. The van der Waals surface area contributed by atoms with Crippen molar-refractivity contribution in [1.82, 2.24) is 19.7 Å². The predicted molar refractivity (Wildman–Crippen MR) is 138 cm³/mol. The Labute approximate surface area is 215 Å². The zero-order valence-corrected chi connectivity index (χ0v) is 21.4. The van der Waals surface area contributed by atoms with Crippen LogP contribution in [-0.2, 0) is 20.8 Å². The van der Waals surface area contributed by atoms with E-state index in [1.807, 2.05) is 35.0 Å². The normalized spacial score (nSPS) is 19.9. The molecule has 0 amide bonds. The number of piperidine rings is 1. The molecule has 37 heavy (non-hydrogen) atoms. The van der Waals surface area contributed by atoms with Gasteiger partial charge in [-0.1, -0.05) is 11.2 Å². The highest BCUT2D eigenvalue weighted by Crippen LogP contribution is 2.30. The van der Waals surface area contributed by atoms with E-state index in [4.69, 9.17) is 13.3 Å². The number of aromatic nitrogens is 3. The Bertz CT molecular complexity index is 1490. The van der Waals surface area contributed by atoms with E-state index in [9.17, 15) is 8.42 Å². The SMILES string of the molecule is COc1ccc(S(=O)(=O)OCCn2ccc3ccc(-c4nnc(N5CCN6CCC5CC6)o4)cc32)cc1. The highest BCUT2D eigenvalue weighted by atomic mass is 32.2. The number of rotatable bonds is 8. The fourth-order valence-corrected chi connectivity index (χ4v) is 6.05. The Morgan fingerprint density at radius 1 is 1.00 bits per heavy atom. The number of methoxy groups -OCH3 is 1. The standard InChI is InChI=1S/C26H29N5O5S/c1-34-22-4-6-23(7-5-22)37(32,33)35-17-16-30-13-8-19-2-3-20(18-24(19)30)25-27-28-26(36-25)31-15-14-29-11-9-21(31)10-12-29/h2-8,13,18,21H,9-12,14-17H2,1H3. The second-order valence-electron chi connectivity index (χ2n) is 9.39. The highest BCUT2D eigenvalue weighted by Gasteiger charge is 2.32. The lowest BCUT2D eigenvalue weighted by Gasteiger charge is -2.29. The van der Waals surface area contributed by atoms with Crippen molar-refractivity contribution in [2.45, 2.75) is 30.3 Å². The third kappa shape index (κ3) is 4.81. The summed E-state index contributed by atoms with van der Waals surface area (Å²) in [5.74, 6) is 1.06. The molecule has 3 aliphatic rings. The number of fused-ring (bicyclic) bond motifs is 5. The van der Waals surface area contributed by atoms with Gasteiger partial charge in [-0.25, -0.2) is 0 Å². The van der Waals surface area contributed by atoms with E-state index in [1.54, 1.807) is 12.1 Å². The summed E-state index contributed by atoms with van der Waals surface area (Å²) in [5, 5.41) is 9.74. The summed E-state index contributed by atoms with van der Waals surface area (Å²) in [7, 11) is -2.34. The van der Waals surface area contributed by atoms with Crippen LogP contribution in [0.4, 0.5) is 6.01 Å². The molecule has 4 aromatic rings. The smallest absolute Gasteiger partial charge is 0.318 e. The molecule has 194 valence electrons. The summed E-state index contributed by atoms with van der Waals surface area (Å²) in [6.45, 7) is 4.53. The average Bonchev–Trinajstić information content (AvgIpc) is 3.46. The summed E-state index contributed by atoms with van der Waals surface area (Å²) in [4.78, 5) is 4.84. The van der Waals surface area contributed by atoms with E-state index in [-0.39, 0.29) is 11.5 Å². The van der Waals surface area contributed by atoms with Gasteiger partial charge in [0, 0.05) is 56.0 Å². The van der Waals surface area contributed by atoms with Crippen molar-refractivity contribution in [3.8, 4) is 17.2 Å². The first kappa shape index (κ1) is 24.0. The van der Waals surface area contributed by atoms with Crippen LogP contribution in [0.1, 0.15) is 12.8 Å². The molecule has 2 aromatic heterocycles. The maximum atomic E-state index is 12.6. The van der Waals surface area contributed by atoms with Crippen LogP contribution >= 0.6 is 0 Å². The molecule has 0 saturated carbocycles. The quantitative estimate of drug-likeness (QED) is 0.322. The number of nitrogens with zero attached hydrogens (tertiary/aromatic N) is 5. The van der Waals surface area contributed by atoms with E-state index in [2.05, 4.69) is 20.0 Å². The molecule has 2 aromatic carbocycles. The number of hydrogen-bond donors (Lipinski definition) is 0. The lowest BCUT2D eigenvalue weighted by molar-refractivity contribution is 0.249. The van der Waals surface area contributed by atoms with Gasteiger partial charge in [0.25, 0.3) is 10.1 Å². The Kier molecular flexibility index (Phi) is 6.35. The van der Waals surface area contributed by atoms with Crippen LogP contribution in [0.5, 0.6) is 5.75 Å². The van der Waals surface area contributed by atoms with E-state index in [1.165, 1.54) is 19.2 Å². The minimum absolute atomic E-state index is 0.000439. The lowest BCUT2D eigenvalue weighted by atomic mass is 10.1. The third-order valence-electron chi connectivity index (χ3n) is 7.25. The van der Waals surface area contributed by atoms with Crippen LogP contribution in [0, 0.1) is 0 Å². The fraction of sp³-hybridized carbons (Fsp3) is 0.385. The molecule has 0 aliphatic carbocycles. The van der Waals surface area contributed by atoms with Crippen LogP contribution in [-0.4, -0.2) is 74.0 Å². The maximum absolute atomic E-state index is 12.6. The summed E-state index contributed by atoms with van der Waals surface area (Å²) >= 11 is 0. The van der Waals surface area contributed by atoms with Gasteiger partial charge in [0.1, 0.15) is 5.75 Å². The van der Waals surface area contributed by atoms with Crippen molar-refractivity contribution < 1.29 is 21.8 Å². The molecular weight excluding hydrogens is 494 g/mol. The molecular formula is C26H29N5O5S. The van der Waals surface area contributed by atoms with Gasteiger partial charge in [0.05, 0.1) is 18.6 Å². The van der Waals surface area contributed by atoms with Crippen molar-refractivity contribution in [2.24, 2.45) is 0 Å². The molecule has 3 fully saturated rings. The number of ether oxygens (including phenoxy) is 1. The molecule has 0 unspecified atom stereocenters. The molecule has 3 saturated heterocycles. The largest absolute Gasteiger partial charge is 0.497 e. The van der Waals surface area contributed by atoms with Crippen molar-refractivity contribution in [1.29, 1.82) is 0 Å². The number of hydrogen-bond acceptors (Lipinski definition) is 9. The molecule has 0 N–H and O–H groups in total. The van der Waals surface area contributed by atoms with Crippen molar-refractivity contribution in [3.63, 3.8) is 0 Å². The Morgan fingerprint density at radius 2 is 1.81 bits per heavy atom. The van der Waals surface area contributed by atoms with Gasteiger partial charge < -0.3 is 23.5 Å². The predicted octanol–water partition coefficient (Wildman–Crippen LogP) is 3.39. The van der Waals surface area contributed by atoms with Crippen LogP contribution in [0.15, 0.2) is 64.0 Å². The summed E-state index contributed by atoms with van der Waals surface area (Å²) < 4.78 is 43.6. The Morgan fingerprint density at radius 3 is 2.59 bits per heavy atom. The molecule has 0 atom stereocenters. The molecule has 10 nitrogen and oxygen atoms in total. The van der Waals surface area contributed by atoms with Crippen LogP contribution in [0.3, 0.4) is 0 Å².